The van der Waals surface area contributed by atoms with Gasteiger partial charge in [-0.2, -0.15) is 0 Å². The van der Waals surface area contributed by atoms with Gasteiger partial charge in [0.15, 0.2) is 0 Å². The van der Waals surface area contributed by atoms with E-state index in [1.54, 1.807) is 13.1 Å². The number of ether oxygens (including phenoxy) is 1. The zero-order valence-electron chi connectivity index (χ0n) is 12.2. The molecule has 1 spiro atoms. The lowest BCUT2D eigenvalue weighted by atomic mass is 9.96. The average molecular weight is 355 g/mol. The lowest BCUT2D eigenvalue weighted by Gasteiger charge is -2.22. The van der Waals surface area contributed by atoms with Crippen molar-refractivity contribution in [3.05, 3.63) is 32.2 Å². The van der Waals surface area contributed by atoms with Crippen molar-refractivity contribution in [2.45, 2.75) is 32.2 Å². The topological polar surface area (TPSA) is 60.3 Å². The molecule has 21 heavy (non-hydrogen) atoms. The normalized spacial score (nSPS) is 23.1. The summed E-state index contributed by atoms with van der Waals surface area (Å²) in [5.74, 6) is -0.273. The van der Waals surface area contributed by atoms with Crippen molar-refractivity contribution in [1.82, 2.24) is 9.88 Å². The van der Waals surface area contributed by atoms with Gasteiger partial charge in [0.05, 0.1) is 0 Å². The molecular formula is C15H19BrN2O3. The van der Waals surface area contributed by atoms with E-state index in [9.17, 15) is 9.59 Å². The Bertz CT molecular complexity index is 647. The number of halogens is 1. The molecule has 1 aromatic heterocycles. The number of carbonyl (C=O) groups excluding carboxylic acids is 1. The van der Waals surface area contributed by atoms with Crippen molar-refractivity contribution in [2.75, 3.05) is 13.2 Å². The minimum atomic E-state index is -0.273. The molecule has 1 aliphatic heterocycles. The predicted molar refractivity (Wildman–Crippen MR) is 82.5 cm³/mol. The highest BCUT2D eigenvalue weighted by Crippen LogP contribution is 2.53. The monoisotopic (exact) mass is 354 g/mol. The molecule has 1 amide bonds. The second kappa shape index (κ2) is 5.25. The second-order valence-corrected chi connectivity index (χ2v) is 6.91. The summed E-state index contributed by atoms with van der Waals surface area (Å²) in [7, 11) is 1.68. The third-order valence-corrected chi connectivity index (χ3v) is 5.69. The van der Waals surface area contributed by atoms with Gasteiger partial charge in [0, 0.05) is 36.5 Å². The van der Waals surface area contributed by atoms with Crippen molar-refractivity contribution in [2.24, 2.45) is 12.5 Å². The van der Waals surface area contributed by atoms with Crippen LogP contribution in [0.5, 0.6) is 0 Å². The smallest absolute Gasteiger partial charge is 0.263 e. The molecule has 1 unspecified atom stereocenters. The van der Waals surface area contributed by atoms with Crippen molar-refractivity contribution >= 4 is 21.8 Å². The number of aromatic nitrogens is 1. The number of hydrogen-bond donors (Lipinski definition) is 1. The first-order valence-corrected chi connectivity index (χ1v) is 7.99. The molecule has 1 saturated carbocycles. The quantitative estimate of drug-likeness (QED) is 0.880. The van der Waals surface area contributed by atoms with Gasteiger partial charge in [0.2, 0.25) is 0 Å². The standard InChI is InChI=1S/C15H19BrN2O3/c1-9-11(16)7-10(14(20)18(9)2)13(19)17-12-8-15(12)3-5-21-6-4-15/h7,12H,3-6,8H2,1-2H3,(H,17,19). The number of pyridine rings is 1. The Morgan fingerprint density at radius 1 is 1.48 bits per heavy atom. The largest absolute Gasteiger partial charge is 0.381 e. The van der Waals surface area contributed by atoms with Gasteiger partial charge in [0.1, 0.15) is 5.56 Å². The maximum absolute atomic E-state index is 12.4. The molecule has 1 aliphatic carbocycles. The van der Waals surface area contributed by atoms with Gasteiger partial charge >= 0.3 is 0 Å². The van der Waals surface area contributed by atoms with Crippen LogP contribution in [0.3, 0.4) is 0 Å². The Balaban J connectivity index is 1.77. The molecule has 1 N–H and O–H groups in total. The van der Waals surface area contributed by atoms with E-state index in [0.717, 1.165) is 42.6 Å². The second-order valence-electron chi connectivity index (χ2n) is 6.06. The minimum Gasteiger partial charge on any atom is -0.381 e. The van der Waals surface area contributed by atoms with E-state index in [1.165, 1.54) is 4.57 Å². The number of nitrogens with one attached hydrogen (secondary N) is 1. The van der Waals surface area contributed by atoms with Crippen molar-refractivity contribution in [3.8, 4) is 0 Å². The molecule has 5 nitrogen and oxygen atoms in total. The number of rotatable bonds is 2. The van der Waals surface area contributed by atoms with E-state index in [4.69, 9.17) is 4.74 Å². The molecule has 0 radical (unpaired) electrons. The highest BCUT2D eigenvalue weighted by atomic mass is 79.9. The fourth-order valence-electron chi connectivity index (χ4n) is 3.07. The van der Waals surface area contributed by atoms with E-state index in [1.807, 2.05) is 6.92 Å². The van der Waals surface area contributed by atoms with Crippen molar-refractivity contribution in [3.63, 3.8) is 0 Å². The summed E-state index contributed by atoms with van der Waals surface area (Å²) in [5, 5.41) is 3.02. The van der Waals surface area contributed by atoms with Crippen LogP contribution in [0.2, 0.25) is 0 Å². The van der Waals surface area contributed by atoms with E-state index >= 15 is 0 Å². The van der Waals surface area contributed by atoms with Crippen LogP contribution >= 0.6 is 15.9 Å². The summed E-state index contributed by atoms with van der Waals surface area (Å²) < 4.78 is 7.64. The van der Waals surface area contributed by atoms with Crippen molar-refractivity contribution in [1.29, 1.82) is 0 Å². The molecule has 0 aromatic carbocycles. The van der Waals surface area contributed by atoms with Crippen LogP contribution in [0.25, 0.3) is 0 Å². The van der Waals surface area contributed by atoms with E-state index in [-0.39, 0.29) is 28.5 Å². The maximum atomic E-state index is 12.4. The van der Waals surface area contributed by atoms with E-state index in [2.05, 4.69) is 21.2 Å². The summed E-state index contributed by atoms with van der Waals surface area (Å²) in [6.45, 7) is 3.37. The molecule has 1 saturated heterocycles. The van der Waals surface area contributed by atoms with Crippen molar-refractivity contribution < 1.29 is 9.53 Å². The number of hydrogen-bond acceptors (Lipinski definition) is 3. The zero-order chi connectivity index (χ0) is 15.2. The molecule has 1 aromatic rings. The maximum Gasteiger partial charge on any atom is 0.263 e. The van der Waals surface area contributed by atoms with Crippen LogP contribution in [0.4, 0.5) is 0 Å². The predicted octanol–water partition coefficient (Wildman–Crippen LogP) is 1.76. The van der Waals surface area contributed by atoms with Gasteiger partial charge in [-0.1, -0.05) is 0 Å². The van der Waals surface area contributed by atoms with Crippen LogP contribution in [-0.2, 0) is 11.8 Å². The molecule has 3 rings (SSSR count). The van der Waals surface area contributed by atoms with Gasteiger partial charge in [-0.05, 0) is 53.6 Å². The highest BCUT2D eigenvalue weighted by molar-refractivity contribution is 9.10. The van der Waals surface area contributed by atoms with Crippen LogP contribution in [0, 0.1) is 12.3 Å². The first-order valence-electron chi connectivity index (χ1n) is 7.19. The van der Waals surface area contributed by atoms with E-state index in [0.29, 0.717) is 0 Å². The molecular weight excluding hydrogens is 336 g/mol. The van der Waals surface area contributed by atoms with Crippen LogP contribution < -0.4 is 10.9 Å². The lowest BCUT2D eigenvalue weighted by molar-refractivity contribution is 0.0535. The molecule has 1 atom stereocenters. The molecule has 114 valence electrons. The van der Waals surface area contributed by atoms with Gasteiger partial charge in [-0.25, -0.2) is 0 Å². The fraction of sp³-hybridized carbons (Fsp3) is 0.600. The van der Waals surface area contributed by atoms with E-state index < -0.39 is 0 Å². The summed E-state index contributed by atoms with van der Waals surface area (Å²) in [6, 6.07) is 1.80. The minimum absolute atomic E-state index is 0.179. The lowest BCUT2D eigenvalue weighted by Crippen LogP contribution is -2.37. The number of carbonyl (C=O) groups is 1. The van der Waals surface area contributed by atoms with Gasteiger partial charge in [0.25, 0.3) is 11.5 Å². The highest BCUT2D eigenvalue weighted by Gasteiger charge is 2.55. The first kappa shape index (κ1) is 14.8. The van der Waals surface area contributed by atoms with Gasteiger partial charge in [-0.3, -0.25) is 9.59 Å². The summed E-state index contributed by atoms with van der Waals surface area (Å²) in [4.78, 5) is 24.6. The Morgan fingerprint density at radius 2 is 2.14 bits per heavy atom. The molecule has 2 heterocycles. The Kier molecular flexibility index (Phi) is 3.69. The Morgan fingerprint density at radius 3 is 2.81 bits per heavy atom. The fourth-order valence-corrected chi connectivity index (χ4v) is 3.56. The zero-order valence-corrected chi connectivity index (χ0v) is 13.8. The Hall–Kier alpha value is -1.14. The number of nitrogens with zero attached hydrogens (tertiary/aromatic N) is 1. The summed E-state index contributed by atoms with van der Waals surface area (Å²) >= 11 is 3.40. The average Bonchev–Trinajstić information content (AvgIpc) is 3.12. The summed E-state index contributed by atoms with van der Waals surface area (Å²) in [6.07, 6.45) is 2.98. The third-order valence-electron chi connectivity index (χ3n) is 4.88. The molecule has 2 fully saturated rings. The molecule has 6 heteroatoms. The SMILES string of the molecule is Cc1c(Br)cc(C(=O)NC2CC23CCOCC3)c(=O)n1C. The number of amides is 1. The Labute approximate surface area is 131 Å². The third kappa shape index (κ3) is 2.55. The van der Waals surface area contributed by atoms with Crippen LogP contribution in [0.15, 0.2) is 15.3 Å². The molecule has 0 bridgehead atoms. The molecule has 2 aliphatic rings. The van der Waals surface area contributed by atoms with Gasteiger partial charge in [-0.15, -0.1) is 0 Å². The first-order chi connectivity index (χ1) is 9.94. The van der Waals surface area contributed by atoms with Crippen LogP contribution in [-0.4, -0.2) is 29.7 Å². The van der Waals surface area contributed by atoms with Crippen LogP contribution in [0.1, 0.15) is 35.3 Å². The van der Waals surface area contributed by atoms with Gasteiger partial charge < -0.3 is 14.6 Å². The summed E-state index contributed by atoms with van der Waals surface area (Å²) in [5.41, 5.74) is 0.962.